The summed E-state index contributed by atoms with van der Waals surface area (Å²) in [5, 5.41) is 0. The molecule has 0 unspecified atom stereocenters. The largest absolute Gasteiger partial charge is 0.490 e. The number of rotatable bonds is 6. The minimum absolute atomic E-state index is 0.00555. The standard InChI is InChI=1S/C26H39N3O4/c1-20(2)27-11-8-21(9-12-27)26(31)29-13-10-24(33-23-6-4-3-5-7-23)22(19-29)18-25(30)28-14-16-32-17-15-28/h3-7,20-22,24H,8-19H2,1-2H3/t22-,24-/m0/s1. The molecule has 33 heavy (non-hydrogen) atoms. The van der Waals surface area contributed by atoms with Crippen molar-refractivity contribution in [3.63, 3.8) is 0 Å². The smallest absolute Gasteiger partial charge is 0.225 e. The van der Waals surface area contributed by atoms with Gasteiger partial charge in [-0.25, -0.2) is 0 Å². The molecule has 4 rings (SSSR count). The van der Waals surface area contributed by atoms with Crippen molar-refractivity contribution in [3.05, 3.63) is 30.3 Å². The van der Waals surface area contributed by atoms with E-state index in [-0.39, 0.29) is 29.8 Å². The Morgan fingerprint density at radius 3 is 2.33 bits per heavy atom. The van der Waals surface area contributed by atoms with E-state index in [4.69, 9.17) is 9.47 Å². The molecule has 0 bridgehead atoms. The van der Waals surface area contributed by atoms with Gasteiger partial charge in [-0.3, -0.25) is 9.59 Å². The number of ether oxygens (including phenoxy) is 2. The summed E-state index contributed by atoms with van der Waals surface area (Å²) >= 11 is 0. The molecule has 3 fully saturated rings. The minimum Gasteiger partial charge on any atom is -0.490 e. The first-order chi connectivity index (χ1) is 16.0. The Hall–Kier alpha value is -2.12. The van der Waals surface area contributed by atoms with Crippen molar-refractivity contribution < 1.29 is 19.1 Å². The first kappa shape index (κ1) is 24.0. The lowest BCUT2D eigenvalue weighted by Gasteiger charge is -2.42. The summed E-state index contributed by atoms with van der Waals surface area (Å²) in [6.07, 6.45) is 2.95. The zero-order chi connectivity index (χ0) is 23.2. The van der Waals surface area contributed by atoms with Gasteiger partial charge in [0.25, 0.3) is 0 Å². The fourth-order valence-corrected chi connectivity index (χ4v) is 5.32. The maximum atomic E-state index is 13.4. The molecule has 3 aliphatic rings. The number of carbonyl (C=O) groups is 2. The van der Waals surface area contributed by atoms with E-state index in [1.54, 1.807) is 0 Å². The zero-order valence-corrected chi connectivity index (χ0v) is 20.2. The van der Waals surface area contributed by atoms with Gasteiger partial charge in [0.05, 0.1) is 13.2 Å². The molecule has 0 N–H and O–H groups in total. The monoisotopic (exact) mass is 457 g/mol. The van der Waals surface area contributed by atoms with Crippen molar-refractivity contribution in [1.29, 1.82) is 0 Å². The highest BCUT2D eigenvalue weighted by atomic mass is 16.5. The van der Waals surface area contributed by atoms with Crippen molar-refractivity contribution in [2.24, 2.45) is 11.8 Å². The normalized spacial score (nSPS) is 25.3. The molecule has 0 radical (unpaired) electrons. The molecule has 1 aromatic carbocycles. The van der Waals surface area contributed by atoms with Gasteiger partial charge in [-0.2, -0.15) is 0 Å². The van der Waals surface area contributed by atoms with Crippen molar-refractivity contribution in [2.45, 2.75) is 51.7 Å². The second-order valence-electron chi connectivity index (χ2n) is 9.90. The minimum atomic E-state index is -0.0655. The lowest BCUT2D eigenvalue weighted by atomic mass is 9.88. The summed E-state index contributed by atoms with van der Waals surface area (Å²) in [6.45, 7) is 10.2. The van der Waals surface area contributed by atoms with Crippen LogP contribution in [0.5, 0.6) is 5.75 Å². The van der Waals surface area contributed by atoms with Crippen LogP contribution in [0, 0.1) is 11.8 Å². The fraction of sp³-hybridized carbons (Fsp3) is 0.692. The second kappa shape index (κ2) is 11.3. The predicted octanol–water partition coefficient (Wildman–Crippen LogP) is 2.65. The van der Waals surface area contributed by atoms with Crippen LogP contribution in [0.3, 0.4) is 0 Å². The summed E-state index contributed by atoms with van der Waals surface area (Å²) in [6, 6.07) is 10.3. The van der Waals surface area contributed by atoms with Gasteiger partial charge in [-0.05, 0) is 51.9 Å². The van der Waals surface area contributed by atoms with Gasteiger partial charge in [0.15, 0.2) is 0 Å². The molecule has 0 aliphatic carbocycles. The molecule has 0 saturated carbocycles. The molecule has 3 saturated heterocycles. The molecular formula is C26H39N3O4. The molecule has 7 heteroatoms. The summed E-state index contributed by atoms with van der Waals surface area (Å²) in [5.74, 6) is 1.33. The van der Waals surface area contributed by atoms with E-state index in [9.17, 15) is 9.59 Å². The van der Waals surface area contributed by atoms with Crippen LogP contribution in [0.25, 0.3) is 0 Å². The van der Waals surface area contributed by atoms with E-state index in [1.165, 1.54) is 0 Å². The molecule has 0 spiro atoms. The highest BCUT2D eigenvalue weighted by molar-refractivity contribution is 5.80. The Bertz CT molecular complexity index is 773. The van der Waals surface area contributed by atoms with Crippen LogP contribution in [0.15, 0.2) is 30.3 Å². The fourth-order valence-electron chi connectivity index (χ4n) is 5.32. The average Bonchev–Trinajstić information content (AvgIpc) is 2.86. The Morgan fingerprint density at radius 2 is 1.67 bits per heavy atom. The van der Waals surface area contributed by atoms with Crippen molar-refractivity contribution >= 4 is 11.8 Å². The molecule has 0 aromatic heterocycles. The third-order valence-electron chi connectivity index (χ3n) is 7.42. The lowest BCUT2D eigenvalue weighted by molar-refractivity contribution is -0.144. The zero-order valence-electron chi connectivity index (χ0n) is 20.2. The number of amides is 2. The molecule has 1 aromatic rings. The Labute approximate surface area is 198 Å². The van der Waals surface area contributed by atoms with Gasteiger partial charge in [0.1, 0.15) is 11.9 Å². The number of piperidine rings is 2. The van der Waals surface area contributed by atoms with E-state index in [0.717, 1.165) is 38.1 Å². The van der Waals surface area contributed by atoms with Crippen molar-refractivity contribution in [3.8, 4) is 5.75 Å². The third kappa shape index (κ3) is 6.27. The molecule has 3 aliphatic heterocycles. The topological polar surface area (TPSA) is 62.3 Å². The van der Waals surface area contributed by atoms with E-state index < -0.39 is 0 Å². The molecule has 7 nitrogen and oxygen atoms in total. The van der Waals surface area contributed by atoms with Crippen LogP contribution in [0.1, 0.15) is 39.5 Å². The van der Waals surface area contributed by atoms with Crippen molar-refractivity contribution in [2.75, 3.05) is 52.5 Å². The lowest BCUT2D eigenvalue weighted by Crippen LogP contribution is -2.52. The number of likely N-dealkylation sites (tertiary alicyclic amines) is 2. The number of carbonyl (C=O) groups excluding carboxylic acids is 2. The number of nitrogens with zero attached hydrogens (tertiary/aromatic N) is 3. The van der Waals surface area contributed by atoms with Gasteiger partial charge in [0.2, 0.25) is 11.8 Å². The summed E-state index contributed by atoms with van der Waals surface area (Å²) in [7, 11) is 0. The summed E-state index contributed by atoms with van der Waals surface area (Å²) in [5.41, 5.74) is 0. The summed E-state index contributed by atoms with van der Waals surface area (Å²) < 4.78 is 11.7. The van der Waals surface area contributed by atoms with E-state index >= 15 is 0 Å². The molecule has 182 valence electrons. The SMILES string of the molecule is CC(C)N1CCC(C(=O)N2CC[C@H](Oc3ccccc3)[C@@H](CC(=O)N3CCOCC3)C2)CC1. The van der Waals surface area contributed by atoms with Crippen molar-refractivity contribution in [1.82, 2.24) is 14.7 Å². The van der Waals surface area contributed by atoms with Gasteiger partial charge in [0, 0.05) is 56.9 Å². The number of hydrogen-bond donors (Lipinski definition) is 0. The van der Waals surface area contributed by atoms with E-state index in [2.05, 4.69) is 18.7 Å². The van der Waals surface area contributed by atoms with Gasteiger partial charge >= 0.3 is 0 Å². The highest BCUT2D eigenvalue weighted by Crippen LogP contribution is 2.29. The van der Waals surface area contributed by atoms with E-state index in [0.29, 0.717) is 51.9 Å². The predicted molar refractivity (Wildman–Crippen MR) is 127 cm³/mol. The maximum Gasteiger partial charge on any atom is 0.225 e. The summed E-state index contributed by atoms with van der Waals surface area (Å²) in [4.78, 5) is 32.8. The molecular weight excluding hydrogens is 418 g/mol. The van der Waals surface area contributed by atoms with E-state index in [1.807, 2.05) is 40.1 Å². The number of morpholine rings is 1. The molecule has 2 amide bonds. The first-order valence-corrected chi connectivity index (χ1v) is 12.6. The van der Waals surface area contributed by atoms with Crippen LogP contribution in [0.4, 0.5) is 0 Å². The quantitative estimate of drug-likeness (QED) is 0.657. The Kier molecular flexibility index (Phi) is 8.25. The van der Waals surface area contributed by atoms with Crippen LogP contribution in [-0.2, 0) is 14.3 Å². The van der Waals surface area contributed by atoms with Gasteiger partial charge in [-0.1, -0.05) is 18.2 Å². The van der Waals surface area contributed by atoms with Crippen LogP contribution in [-0.4, -0.2) is 91.1 Å². The number of hydrogen-bond acceptors (Lipinski definition) is 5. The average molecular weight is 458 g/mol. The number of benzene rings is 1. The molecule has 3 heterocycles. The van der Waals surface area contributed by atoms with Crippen LogP contribution in [0.2, 0.25) is 0 Å². The first-order valence-electron chi connectivity index (χ1n) is 12.6. The second-order valence-corrected chi connectivity index (χ2v) is 9.90. The Morgan fingerprint density at radius 1 is 0.970 bits per heavy atom. The molecule has 2 atom stereocenters. The Balaban J connectivity index is 1.40. The van der Waals surface area contributed by atoms with Crippen LogP contribution >= 0.6 is 0 Å². The van der Waals surface area contributed by atoms with Gasteiger partial charge in [-0.15, -0.1) is 0 Å². The highest BCUT2D eigenvalue weighted by Gasteiger charge is 2.38. The number of para-hydroxylation sites is 1. The maximum absolute atomic E-state index is 13.4. The van der Waals surface area contributed by atoms with Crippen LogP contribution < -0.4 is 4.74 Å². The third-order valence-corrected chi connectivity index (χ3v) is 7.42. The van der Waals surface area contributed by atoms with Gasteiger partial charge < -0.3 is 24.2 Å².